The molecule has 0 bridgehead atoms. The van der Waals surface area contributed by atoms with Gasteiger partial charge in [0.1, 0.15) is 11.6 Å². The van der Waals surface area contributed by atoms with Crippen molar-refractivity contribution in [3.05, 3.63) is 48.8 Å². The first-order chi connectivity index (χ1) is 11.1. The zero-order valence-electron chi connectivity index (χ0n) is 13.0. The maximum absolute atomic E-state index is 12.7. The largest absolute Gasteiger partial charge is 0.494 e. The second-order valence-corrected chi connectivity index (χ2v) is 5.22. The van der Waals surface area contributed by atoms with E-state index in [4.69, 9.17) is 4.74 Å². The number of hydrogen-bond acceptors (Lipinski definition) is 3. The maximum Gasteiger partial charge on any atom is 0.315 e. The van der Waals surface area contributed by atoms with Crippen LogP contribution in [0.3, 0.4) is 0 Å². The van der Waals surface area contributed by atoms with Gasteiger partial charge < -0.3 is 19.9 Å². The van der Waals surface area contributed by atoms with Crippen molar-refractivity contribution in [2.75, 3.05) is 13.2 Å². The molecule has 0 aliphatic carbocycles. The summed E-state index contributed by atoms with van der Waals surface area (Å²) in [5, 5.41) is 5.63. The molecule has 6 nitrogen and oxygen atoms in total. The van der Waals surface area contributed by atoms with Gasteiger partial charge in [0.2, 0.25) is 0 Å². The Hall–Kier alpha value is -2.57. The van der Waals surface area contributed by atoms with Gasteiger partial charge in [-0.15, -0.1) is 0 Å². The lowest BCUT2D eigenvalue weighted by Crippen LogP contribution is -2.42. The standard InChI is InChI=1S/C16H21FN4O2/c1-13(11-21-9-8-18-12-21)20-16(22)19-7-2-10-23-15-5-3-14(17)4-6-15/h3-6,8-9,12-13H,2,7,10-11H2,1H3,(H2,19,20,22). The normalized spacial score (nSPS) is 11.7. The Labute approximate surface area is 134 Å². The van der Waals surface area contributed by atoms with Crippen molar-refractivity contribution >= 4 is 6.03 Å². The van der Waals surface area contributed by atoms with Crippen LogP contribution in [0.25, 0.3) is 0 Å². The van der Waals surface area contributed by atoms with Gasteiger partial charge in [-0.3, -0.25) is 0 Å². The highest BCUT2D eigenvalue weighted by atomic mass is 19.1. The first-order valence-electron chi connectivity index (χ1n) is 7.52. The zero-order valence-corrected chi connectivity index (χ0v) is 13.0. The predicted octanol–water partition coefficient (Wildman–Crippen LogP) is 2.18. The van der Waals surface area contributed by atoms with Crippen LogP contribution < -0.4 is 15.4 Å². The third-order valence-corrected chi connectivity index (χ3v) is 3.11. The number of halogens is 1. The Morgan fingerprint density at radius 2 is 2.17 bits per heavy atom. The topological polar surface area (TPSA) is 68.2 Å². The number of ether oxygens (including phenoxy) is 1. The Morgan fingerprint density at radius 3 is 2.87 bits per heavy atom. The number of amides is 2. The third-order valence-electron chi connectivity index (χ3n) is 3.11. The Morgan fingerprint density at radius 1 is 1.39 bits per heavy atom. The minimum Gasteiger partial charge on any atom is -0.494 e. The zero-order chi connectivity index (χ0) is 16.5. The van der Waals surface area contributed by atoms with E-state index in [2.05, 4.69) is 15.6 Å². The number of carbonyl (C=O) groups is 1. The summed E-state index contributed by atoms with van der Waals surface area (Å²) >= 11 is 0. The van der Waals surface area contributed by atoms with Gasteiger partial charge in [0.05, 0.1) is 12.9 Å². The van der Waals surface area contributed by atoms with Crippen LogP contribution in [0.1, 0.15) is 13.3 Å². The summed E-state index contributed by atoms with van der Waals surface area (Å²) in [7, 11) is 0. The number of hydrogen-bond donors (Lipinski definition) is 2. The number of aromatic nitrogens is 2. The maximum atomic E-state index is 12.7. The molecule has 124 valence electrons. The second kappa shape index (κ2) is 8.77. The summed E-state index contributed by atoms with van der Waals surface area (Å²) in [6.45, 7) is 3.56. The second-order valence-electron chi connectivity index (χ2n) is 5.22. The Bertz CT molecular complexity index is 587. The number of nitrogens with one attached hydrogen (secondary N) is 2. The molecule has 7 heteroatoms. The molecule has 2 rings (SSSR count). The van der Waals surface area contributed by atoms with E-state index < -0.39 is 0 Å². The fourth-order valence-electron chi connectivity index (χ4n) is 2.03. The van der Waals surface area contributed by atoms with Crippen molar-refractivity contribution in [1.82, 2.24) is 20.2 Å². The molecule has 2 aromatic rings. The van der Waals surface area contributed by atoms with Crippen LogP contribution in [0.5, 0.6) is 5.75 Å². The summed E-state index contributed by atoms with van der Waals surface area (Å²) in [5.41, 5.74) is 0. The summed E-state index contributed by atoms with van der Waals surface area (Å²) in [6.07, 6.45) is 5.93. The van der Waals surface area contributed by atoms with Crippen LogP contribution in [0.2, 0.25) is 0 Å². The van der Waals surface area contributed by atoms with E-state index in [1.165, 1.54) is 12.1 Å². The molecule has 0 spiro atoms. The van der Waals surface area contributed by atoms with Gasteiger partial charge in [-0.05, 0) is 37.6 Å². The SMILES string of the molecule is CC(Cn1ccnc1)NC(=O)NCCCOc1ccc(F)cc1. The van der Waals surface area contributed by atoms with E-state index in [9.17, 15) is 9.18 Å². The van der Waals surface area contributed by atoms with E-state index in [0.717, 1.165) is 0 Å². The Balaban J connectivity index is 1.55. The molecule has 0 saturated carbocycles. The van der Waals surface area contributed by atoms with E-state index in [1.54, 1.807) is 24.7 Å². The highest BCUT2D eigenvalue weighted by Gasteiger charge is 2.06. The van der Waals surface area contributed by atoms with Gasteiger partial charge in [0, 0.05) is 31.5 Å². The quantitative estimate of drug-likeness (QED) is 0.733. The molecule has 0 aliphatic rings. The summed E-state index contributed by atoms with van der Waals surface area (Å²) in [5.74, 6) is 0.324. The molecule has 1 atom stereocenters. The van der Waals surface area contributed by atoms with E-state index in [-0.39, 0.29) is 17.9 Å². The number of imidazole rings is 1. The summed E-state index contributed by atoms with van der Waals surface area (Å²) in [6, 6.07) is 5.64. The molecule has 23 heavy (non-hydrogen) atoms. The van der Waals surface area contributed by atoms with Crippen molar-refractivity contribution in [1.29, 1.82) is 0 Å². The van der Waals surface area contributed by atoms with Gasteiger partial charge >= 0.3 is 6.03 Å². The molecule has 0 radical (unpaired) electrons. The smallest absolute Gasteiger partial charge is 0.315 e. The number of carbonyl (C=O) groups excluding carboxylic acids is 1. The number of benzene rings is 1. The molecule has 0 saturated heterocycles. The number of rotatable bonds is 8. The van der Waals surface area contributed by atoms with Gasteiger partial charge in [-0.25, -0.2) is 14.2 Å². The molecule has 2 amide bonds. The van der Waals surface area contributed by atoms with Gasteiger partial charge in [-0.1, -0.05) is 0 Å². The number of nitrogens with zero attached hydrogens (tertiary/aromatic N) is 2. The van der Waals surface area contributed by atoms with Crippen LogP contribution in [-0.4, -0.2) is 34.8 Å². The molecule has 1 aromatic carbocycles. The first kappa shape index (κ1) is 16.8. The van der Waals surface area contributed by atoms with Crippen molar-refractivity contribution < 1.29 is 13.9 Å². The van der Waals surface area contributed by atoms with Crippen LogP contribution in [0, 0.1) is 5.82 Å². The van der Waals surface area contributed by atoms with Crippen molar-refractivity contribution in [3.8, 4) is 5.75 Å². The first-order valence-corrected chi connectivity index (χ1v) is 7.52. The van der Waals surface area contributed by atoms with Crippen molar-refractivity contribution in [2.45, 2.75) is 25.9 Å². The number of urea groups is 1. The molecule has 1 aromatic heterocycles. The van der Waals surface area contributed by atoms with Gasteiger partial charge in [0.25, 0.3) is 0 Å². The molecule has 1 unspecified atom stereocenters. The van der Waals surface area contributed by atoms with E-state index in [0.29, 0.717) is 31.9 Å². The van der Waals surface area contributed by atoms with E-state index in [1.807, 2.05) is 17.7 Å². The molecule has 0 aliphatic heterocycles. The molecule has 2 N–H and O–H groups in total. The van der Waals surface area contributed by atoms with Crippen LogP contribution in [-0.2, 0) is 6.54 Å². The lowest BCUT2D eigenvalue weighted by Gasteiger charge is -2.15. The predicted molar refractivity (Wildman–Crippen MR) is 84.7 cm³/mol. The molecular weight excluding hydrogens is 299 g/mol. The van der Waals surface area contributed by atoms with Crippen LogP contribution in [0.4, 0.5) is 9.18 Å². The molecular formula is C16H21FN4O2. The highest BCUT2D eigenvalue weighted by Crippen LogP contribution is 2.10. The molecule has 0 fully saturated rings. The lowest BCUT2D eigenvalue weighted by molar-refractivity contribution is 0.235. The van der Waals surface area contributed by atoms with Crippen molar-refractivity contribution in [3.63, 3.8) is 0 Å². The minimum absolute atomic E-state index is 0.000310. The lowest BCUT2D eigenvalue weighted by atomic mass is 10.3. The van der Waals surface area contributed by atoms with Gasteiger partial charge in [0.15, 0.2) is 0 Å². The Kier molecular flexibility index (Phi) is 6.40. The van der Waals surface area contributed by atoms with Crippen LogP contribution >= 0.6 is 0 Å². The van der Waals surface area contributed by atoms with Gasteiger partial charge in [-0.2, -0.15) is 0 Å². The van der Waals surface area contributed by atoms with E-state index >= 15 is 0 Å². The monoisotopic (exact) mass is 320 g/mol. The fraction of sp³-hybridized carbons (Fsp3) is 0.375. The van der Waals surface area contributed by atoms with Crippen LogP contribution in [0.15, 0.2) is 43.0 Å². The summed E-state index contributed by atoms with van der Waals surface area (Å²) < 4.78 is 20.1. The third kappa shape index (κ3) is 6.37. The molecule has 1 heterocycles. The fourth-order valence-corrected chi connectivity index (χ4v) is 2.03. The minimum atomic E-state index is -0.291. The summed E-state index contributed by atoms with van der Waals surface area (Å²) in [4.78, 5) is 15.7. The average Bonchev–Trinajstić information content (AvgIpc) is 3.01. The average molecular weight is 320 g/mol. The van der Waals surface area contributed by atoms with Crippen molar-refractivity contribution in [2.24, 2.45) is 0 Å². The highest BCUT2D eigenvalue weighted by molar-refractivity contribution is 5.74.